The summed E-state index contributed by atoms with van der Waals surface area (Å²) in [7, 11) is 0. The molecule has 0 radical (unpaired) electrons. The van der Waals surface area contributed by atoms with Crippen molar-refractivity contribution in [3.05, 3.63) is 35.4 Å². The summed E-state index contributed by atoms with van der Waals surface area (Å²) in [6.45, 7) is 1.39. The third-order valence-corrected chi connectivity index (χ3v) is 3.14. The summed E-state index contributed by atoms with van der Waals surface area (Å²) in [6, 6.07) is 9.86. The molecule has 1 aromatic carbocycles. The standard InChI is InChI=1S/C14H17N3O/c15-8-3-4-9-17-14(18)13-12-6-2-1-5-11(12)7-10-16-13/h1-2,5-6,13,16H,3-4,7,9-10H2,(H,17,18). The Balaban J connectivity index is 1.98. The molecule has 1 aliphatic rings. The van der Waals surface area contributed by atoms with Crippen LogP contribution in [0.1, 0.15) is 30.0 Å². The zero-order chi connectivity index (χ0) is 12.8. The highest BCUT2D eigenvalue weighted by atomic mass is 16.2. The lowest BCUT2D eigenvalue weighted by Gasteiger charge is -2.25. The van der Waals surface area contributed by atoms with Crippen LogP contribution >= 0.6 is 0 Å². The molecule has 0 saturated heterocycles. The first-order valence-electron chi connectivity index (χ1n) is 6.29. The average molecular weight is 243 g/mol. The molecule has 4 nitrogen and oxygen atoms in total. The normalized spacial score (nSPS) is 17.6. The quantitative estimate of drug-likeness (QED) is 0.783. The van der Waals surface area contributed by atoms with E-state index in [1.54, 1.807) is 0 Å². The Morgan fingerprint density at radius 1 is 1.50 bits per heavy atom. The molecule has 0 aromatic heterocycles. The Bertz CT molecular complexity index is 464. The lowest BCUT2D eigenvalue weighted by Crippen LogP contribution is -2.41. The van der Waals surface area contributed by atoms with Gasteiger partial charge in [0.05, 0.1) is 6.07 Å². The van der Waals surface area contributed by atoms with Crippen LogP contribution in [-0.4, -0.2) is 19.0 Å². The number of rotatable bonds is 4. The van der Waals surface area contributed by atoms with Crippen LogP contribution in [0.15, 0.2) is 24.3 Å². The summed E-state index contributed by atoms with van der Waals surface area (Å²) in [4.78, 5) is 12.1. The number of hydrogen-bond acceptors (Lipinski definition) is 3. The maximum Gasteiger partial charge on any atom is 0.241 e. The molecular weight excluding hydrogens is 226 g/mol. The number of nitrogens with one attached hydrogen (secondary N) is 2. The van der Waals surface area contributed by atoms with Crippen LogP contribution in [0.5, 0.6) is 0 Å². The van der Waals surface area contributed by atoms with Gasteiger partial charge in [0.15, 0.2) is 0 Å². The number of amides is 1. The topological polar surface area (TPSA) is 64.9 Å². The van der Waals surface area contributed by atoms with E-state index in [-0.39, 0.29) is 11.9 Å². The van der Waals surface area contributed by atoms with Gasteiger partial charge in [-0.2, -0.15) is 5.26 Å². The lowest BCUT2D eigenvalue weighted by atomic mass is 9.94. The van der Waals surface area contributed by atoms with Gasteiger partial charge in [-0.25, -0.2) is 0 Å². The van der Waals surface area contributed by atoms with Crippen molar-refractivity contribution in [2.24, 2.45) is 0 Å². The highest BCUT2D eigenvalue weighted by molar-refractivity contribution is 5.83. The van der Waals surface area contributed by atoms with E-state index in [0.29, 0.717) is 19.4 Å². The third kappa shape index (κ3) is 2.88. The van der Waals surface area contributed by atoms with Gasteiger partial charge in [-0.15, -0.1) is 0 Å². The minimum absolute atomic E-state index is 0.0000831. The SMILES string of the molecule is N#CCCCNC(=O)C1NCCc2ccccc21. The Hall–Kier alpha value is -1.86. The minimum Gasteiger partial charge on any atom is -0.354 e. The monoisotopic (exact) mass is 243 g/mol. The van der Waals surface area contributed by atoms with Crippen LogP contribution in [0, 0.1) is 11.3 Å². The van der Waals surface area contributed by atoms with Crippen molar-refractivity contribution in [2.45, 2.75) is 25.3 Å². The van der Waals surface area contributed by atoms with E-state index in [2.05, 4.69) is 22.8 Å². The molecule has 2 N–H and O–H groups in total. The number of hydrogen-bond donors (Lipinski definition) is 2. The van der Waals surface area contributed by atoms with Gasteiger partial charge in [0.2, 0.25) is 5.91 Å². The highest BCUT2D eigenvalue weighted by Gasteiger charge is 2.24. The van der Waals surface area contributed by atoms with Gasteiger partial charge < -0.3 is 10.6 Å². The van der Waals surface area contributed by atoms with Gasteiger partial charge in [0.25, 0.3) is 0 Å². The molecule has 4 heteroatoms. The summed E-state index contributed by atoms with van der Waals surface area (Å²) in [5.41, 5.74) is 2.31. The minimum atomic E-state index is -0.253. The first kappa shape index (κ1) is 12.6. The number of nitriles is 1. The van der Waals surface area contributed by atoms with Crippen LogP contribution in [0.2, 0.25) is 0 Å². The zero-order valence-electron chi connectivity index (χ0n) is 10.3. The summed E-state index contributed by atoms with van der Waals surface area (Å²) < 4.78 is 0. The molecule has 1 unspecified atom stereocenters. The van der Waals surface area contributed by atoms with Crippen molar-refractivity contribution in [2.75, 3.05) is 13.1 Å². The van der Waals surface area contributed by atoms with Gasteiger partial charge in [0.1, 0.15) is 6.04 Å². The van der Waals surface area contributed by atoms with Crippen molar-refractivity contribution in [3.8, 4) is 6.07 Å². The fourth-order valence-corrected chi connectivity index (χ4v) is 2.22. The first-order valence-corrected chi connectivity index (χ1v) is 6.29. The fraction of sp³-hybridized carbons (Fsp3) is 0.429. The predicted octanol–water partition coefficient (Wildman–Crippen LogP) is 1.29. The first-order chi connectivity index (χ1) is 8.83. The fourth-order valence-electron chi connectivity index (χ4n) is 2.22. The molecule has 1 aliphatic heterocycles. The molecule has 0 spiro atoms. The molecule has 0 bridgehead atoms. The van der Waals surface area contributed by atoms with Crippen molar-refractivity contribution in [3.63, 3.8) is 0 Å². The Kier molecular flexibility index (Phi) is 4.32. The van der Waals surface area contributed by atoms with Crippen LogP contribution in [0.3, 0.4) is 0 Å². The molecule has 94 valence electrons. The Morgan fingerprint density at radius 2 is 2.33 bits per heavy atom. The number of carbonyl (C=O) groups excluding carboxylic acids is 1. The molecule has 2 rings (SSSR count). The van der Waals surface area contributed by atoms with Crippen LogP contribution in [0.25, 0.3) is 0 Å². The van der Waals surface area contributed by atoms with E-state index in [9.17, 15) is 4.79 Å². The smallest absolute Gasteiger partial charge is 0.241 e. The molecule has 1 heterocycles. The summed E-state index contributed by atoms with van der Waals surface area (Å²) in [5, 5.41) is 14.5. The molecule has 0 fully saturated rings. The van der Waals surface area contributed by atoms with Crippen LogP contribution < -0.4 is 10.6 Å². The molecule has 18 heavy (non-hydrogen) atoms. The lowest BCUT2D eigenvalue weighted by molar-refractivity contribution is -0.123. The molecule has 0 aliphatic carbocycles. The van der Waals surface area contributed by atoms with E-state index < -0.39 is 0 Å². The number of benzene rings is 1. The van der Waals surface area contributed by atoms with Gasteiger partial charge in [-0.3, -0.25) is 4.79 Å². The second-order valence-electron chi connectivity index (χ2n) is 4.39. The number of carbonyl (C=O) groups is 1. The maximum atomic E-state index is 12.1. The second-order valence-corrected chi connectivity index (χ2v) is 4.39. The average Bonchev–Trinajstić information content (AvgIpc) is 2.43. The summed E-state index contributed by atoms with van der Waals surface area (Å²) in [5.74, 6) is 0.0000831. The maximum absolute atomic E-state index is 12.1. The molecular formula is C14H17N3O. The third-order valence-electron chi connectivity index (χ3n) is 3.14. The van der Waals surface area contributed by atoms with Crippen LogP contribution in [-0.2, 0) is 11.2 Å². The van der Waals surface area contributed by atoms with E-state index in [1.165, 1.54) is 5.56 Å². The zero-order valence-corrected chi connectivity index (χ0v) is 10.3. The van der Waals surface area contributed by atoms with E-state index in [0.717, 1.165) is 18.5 Å². The van der Waals surface area contributed by atoms with Gasteiger partial charge in [-0.05, 0) is 24.0 Å². The molecule has 0 saturated carbocycles. The number of fused-ring (bicyclic) bond motifs is 1. The second kappa shape index (κ2) is 6.18. The number of unbranched alkanes of at least 4 members (excludes halogenated alkanes) is 1. The molecule has 1 aromatic rings. The van der Waals surface area contributed by atoms with Crippen molar-refractivity contribution >= 4 is 5.91 Å². The van der Waals surface area contributed by atoms with Gasteiger partial charge in [-0.1, -0.05) is 24.3 Å². The molecule has 1 atom stereocenters. The largest absolute Gasteiger partial charge is 0.354 e. The highest BCUT2D eigenvalue weighted by Crippen LogP contribution is 2.22. The molecule has 1 amide bonds. The van der Waals surface area contributed by atoms with E-state index in [1.807, 2.05) is 18.2 Å². The predicted molar refractivity (Wildman–Crippen MR) is 68.7 cm³/mol. The summed E-state index contributed by atoms with van der Waals surface area (Å²) in [6.07, 6.45) is 2.15. The van der Waals surface area contributed by atoms with E-state index in [4.69, 9.17) is 5.26 Å². The van der Waals surface area contributed by atoms with Crippen LogP contribution in [0.4, 0.5) is 0 Å². The Morgan fingerprint density at radius 3 is 3.17 bits per heavy atom. The van der Waals surface area contributed by atoms with Gasteiger partial charge in [0, 0.05) is 19.5 Å². The van der Waals surface area contributed by atoms with Gasteiger partial charge >= 0.3 is 0 Å². The van der Waals surface area contributed by atoms with Crippen molar-refractivity contribution in [1.29, 1.82) is 5.26 Å². The van der Waals surface area contributed by atoms with Crippen molar-refractivity contribution < 1.29 is 4.79 Å². The van der Waals surface area contributed by atoms with Crippen molar-refractivity contribution in [1.82, 2.24) is 10.6 Å². The Labute approximate surface area is 107 Å². The number of nitrogens with zero attached hydrogens (tertiary/aromatic N) is 1. The summed E-state index contributed by atoms with van der Waals surface area (Å²) >= 11 is 0. The van der Waals surface area contributed by atoms with E-state index >= 15 is 0 Å².